The standard InChI is InChI=1S/C15H21Cl2N7O/c1-2-25-14-9-12(10-19-21-15-22-20-11-24(15)18)3-4-13(14)23(7-5-16)8-6-17/h3-4,9-11H,2,5-8,18H2,1H3,(H,21,22)/b19-10-. The fraction of sp³-hybridized carbons (Fsp3) is 0.400. The molecule has 0 bridgehead atoms. The zero-order chi connectivity index (χ0) is 18.1. The highest BCUT2D eigenvalue weighted by atomic mass is 35.5. The van der Waals surface area contributed by atoms with Crippen molar-refractivity contribution in [2.45, 2.75) is 6.92 Å². The molecule has 0 spiro atoms. The number of nitrogen functional groups attached to an aromatic ring is 1. The molecule has 0 aliphatic heterocycles. The lowest BCUT2D eigenvalue weighted by Gasteiger charge is -2.25. The van der Waals surface area contributed by atoms with Gasteiger partial charge in [-0.3, -0.25) is 0 Å². The van der Waals surface area contributed by atoms with Crippen LogP contribution in [0.15, 0.2) is 29.6 Å². The molecule has 136 valence electrons. The van der Waals surface area contributed by atoms with Gasteiger partial charge in [0.15, 0.2) is 0 Å². The monoisotopic (exact) mass is 385 g/mol. The number of nitrogens with zero attached hydrogens (tertiary/aromatic N) is 5. The second kappa shape index (κ2) is 9.95. The number of nitrogens with two attached hydrogens (primary N) is 1. The second-order valence-electron chi connectivity index (χ2n) is 4.96. The summed E-state index contributed by atoms with van der Waals surface area (Å²) in [4.78, 5) is 2.10. The Morgan fingerprint density at radius 2 is 2.12 bits per heavy atom. The van der Waals surface area contributed by atoms with Crippen molar-refractivity contribution in [3.63, 3.8) is 0 Å². The van der Waals surface area contributed by atoms with Crippen LogP contribution in [-0.4, -0.2) is 52.5 Å². The van der Waals surface area contributed by atoms with Crippen molar-refractivity contribution in [3.05, 3.63) is 30.1 Å². The first-order valence-electron chi connectivity index (χ1n) is 7.77. The van der Waals surface area contributed by atoms with E-state index in [9.17, 15) is 0 Å². The van der Waals surface area contributed by atoms with Crippen LogP contribution in [-0.2, 0) is 0 Å². The van der Waals surface area contributed by atoms with Gasteiger partial charge in [0.05, 0.1) is 18.5 Å². The quantitative estimate of drug-likeness (QED) is 0.281. The molecule has 0 aliphatic carbocycles. The van der Waals surface area contributed by atoms with Crippen LogP contribution in [0.4, 0.5) is 11.6 Å². The van der Waals surface area contributed by atoms with Gasteiger partial charge in [0.2, 0.25) is 0 Å². The molecule has 0 saturated heterocycles. The van der Waals surface area contributed by atoms with Crippen LogP contribution < -0.4 is 20.9 Å². The number of hydrogen-bond donors (Lipinski definition) is 2. The molecule has 2 aromatic rings. The van der Waals surface area contributed by atoms with Crippen LogP contribution in [0.3, 0.4) is 0 Å². The molecule has 1 heterocycles. The smallest absolute Gasteiger partial charge is 0.263 e. The van der Waals surface area contributed by atoms with Crippen molar-refractivity contribution in [1.29, 1.82) is 0 Å². The predicted molar refractivity (Wildman–Crippen MR) is 103 cm³/mol. The summed E-state index contributed by atoms with van der Waals surface area (Å²) in [5.74, 6) is 7.71. The van der Waals surface area contributed by atoms with Crippen LogP contribution in [0.25, 0.3) is 0 Å². The first kappa shape index (κ1) is 19.1. The minimum Gasteiger partial charge on any atom is -0.492 e. The van der Waals surface area contributed by atoms with E-state index in [1.54, 1.807) is 6.21 Å². The highest BCUT2D eigenvalue weighted by Gasteiger charge is 2.12. The molecule has 0 amide bonds. The van der Waals surface area contributed by atoms with Gasteiger partial charge in [0, 0.05) is 24.8 Å². The van der Waals surface area contributed by atoms with Crippen LogP contribution in [0.2, 0.25) is 0 Å². The molecule has 1 aromatic heterocycles. The maximum absolute atomic E-state index is 5.89. The number of hydrazone groups is 1. The number of ether oxygens (including phenoxy) is 1. The molecular weight excluding hydrogens is 365 g/mol. The van der Waals surface area contributed by atoms with E-state index in [1.165, 1.54) is 11.0 Å². The average molecular weight is 386 g/mol. The molecule has 3 N–H and O–H groups in total. The summed E-state index contributed by atoms with van der Waals surface area (Å²) in [6, 6.07) is 5.81. The minimum absolute atomic E-state index is 0.341. The van der Waals surface area contributed by atoms with Crippen molar-refractivity contribution in [3.8, 4) is 5.75 Å². The van der Waals surface area contributed by atoms with E-state index in [4.69, 9.17) is 33.8 Å². The lowest BCUT2D eigenvalue weighted by molar-refractivity contribution is 0.340. The summed E-state index contributed by atoms with van der Waals surface area (Å²) < 4.78 is 7.00. The van der Waals surface area contributed by atoms with Gasteiger partial charge in [-0.25, -0.2) is 10.1 Å². The Bertz CT molecular complexity index is 686. The fourth-order valence-electron chi connectivity index (χ4n) is 2.19. The van der Waals surface area contributed by atoms with Gasteiger partial charge >= 0.3 is 0 Å². The van der Waals surface area contributed by atoms with E-state index in [0.29, 0.717) is 37.4 Å². The SMILES string of the molecule is CCOc1cc(/C=N\Nc2nncn2N)ccc1N(CCCl)CCCl. The van der Waals surface area contributed by atoms with Gasteiger partial charge in [-0.2, -0.15) is 5.10 Å². The summed E-state index contributed by atoms with van der Waals surface area (Å²) in [6.07, 6.45) is 3.02. The molecule has 0 radical (unpaired) electrons. The average Bonchev–Trinajstić information content (AvgIpc) is 3.01. The Balaban J connectivity index is 2.17. The van der Waals surface area contributed by atoms with E-state index in [0.717, 1.165) is 17.0 Å². The van der Waals surface area contributed by atoms with Gasteiger partial charge in [0.1, 0.15) is 12.1 Å². The number of rotatable bonds is 10. The summed E-state index contributed by atoms with van der Waals surface area (Å²) in [7, 11) is 0. The van der Waals surface area contributed by atoms with Crippen molar-refractivity contribution >= 4 is 41.1 Å². The van der Waals surface area contributed by atoms with E-state index in [-0.39, 0.29) is 0 Å². The number of anilines is 2. The Morgan fingerprint density at radius 1 is 1.36 bits per heavy atom. The first-order valence-corrected chi connectivity index (χ1v) is 8.84. The van der Waals surface area contributed by atoms with Gasteiger partial charge in [-0.15, -0.1) is 33.4 Å². The lowest BCUT2D eigenvalue weighted by atomic mass is 10.2. The normalized spacial score (nSPS) is 11.0. The number of halogens is 2. The summed E-state index contributed by atoms with van der Waals surface area (Å²) in [6.45, 7) is 3.87. The Labute approximate surface area is 156 Å². The van der Waals surface area contributed by atoms with Crippen LogP contribution in [0, 0.1) is 0 Å². The number of hydrogen-bond acceptors (Lipinski definition) is 7. The van der Waals surface area contributed by atoms with Gasteiger partial charge in [-0.1, -0.05) is 6.07 Å². The topological polar surface area (TPSA) is 93.6 Å². The molecule has 8 nitrogen and oxygen atoms in total. The maximum Gasteiger partial charge on any atom is 0.263 e. The minimum atomic E-state index is 0.341. The zero-order valence-corrected chi connectivity index (χ0v) is 15.4. The third-order valence-electron chi connectivity index (χ3n) is 3.28. The van der Waals surface area contributed by atoms with E-state index in [2.05, 4.69) is 25.6 Å². The predicted octanol–water partition coefficient (Wildman–Crippen LogP) is 2.12. The first-order chi connectivity index (χ1) is 12.2. The molecule has 0 fully saturated rings. The molecule has 25 heavy (non-hydrogen) atoms. The molecule has 2 rings (SSSR count). The molecule has 0 atom stereocenters. The summed E-state index contributed by atoms with van der Waals surface area (Å²) in [5.41, 5.74) is 4.53. The van der Waals surface area contributed by atoms with E-state index in [1.807, 2.05) is 25.1 Å². The Morgan fingerprint density at radius 3 is 2.72 bits per heavy atom. The molecule has 10 heteroatoms. The van der Waals surface area contributed by atoms with E-state index < -0.39 is 0 Å². The van der Waals surface area contributed by atoms with Crippen LogP contribution >= 0.6 is 23.2 Å². The Hall–Kier alpha value is -2.19. The molecule has 1 aromatic carbocycles. The number of alkyl halides is 2. The third-order valence-corrected chi connectivity index (χ3v) is 3.62. The zero-order valence-electron chi connectivity index (χ0n) is 13.9. The molecule has 0 aliphatic rings. The largest absolute Gasteiger partial charge is 0.492 e. The number of aromatic nitrogens is 3. The van der Waals surface area contributed by atoms with Crippen LogP contribution in [0.5, 0.6) is 5.75 Å². The van der Waals surface area contributed by atoms with Crippen LogP contribution in [0.1, 0.15) is 12.5 Å². The van der Waals surface area contributed by atoms with Crippen molar-refractivity contribution in [1.82, 2.24) is 14.9 Å². The van der Waals surface area contributed by atoms with Crippen molar-refractivity contribution < 1.29 is 4.74 Å². The number of nitrogens with one attached hydrogen (secondary N) is 1. The molecule has 0 saturated carbocycles. The van der Waals surface area contributed by atoms with E-state index >= 15 is 0 Å². The second-order valence-corrected chi connectivity index (χ2v) is 5.71. The summed E-state index contributed by atoms with van der Waals surface area (Å²) in [5, 5.41) is 11.5. The van der Waals surface area contributed by atoms with Gasteiger partial charge in [0.25, 0.3) is 5.95 Å². The highest BCUT2D eigenvalue weighted by Crippen LogP contribution is 2.29. The molecular formula is C15H21Cl2N7O. The van der Waals surface area contributed by atoms with Gasteiger partial charge in [-0.05, 0) is 24.6 Å². The Kier molecular flexibility index (Phi) is 7.62. The maximum atomic E-state index is 5.89. The lowest BCUT2D eigenvalue weighted by Crippen LogP contribution is -2.28. The van der Waals surface area contributed by atoms with Gasteiger partial charge < -0.3 is 15.5 Å². The number of benzene rings is 1. The molecule has 0 unspecified atom stereocenters. The summed E-state index contributed by atoms with van der Waals surface area (Å²) >= 11 is 11.8. The fourth-order valence-corrected chi connectivity index (χ4v) is 2.60. The van der Waals surface area contributed by atoms with Crippen molar-refractivity contribution in [2.24, 2.45) is 5.10 Å². The third kappa shape index (κ3) is 5.40. The van der Waals surface area contributed by atoms with Crippen molar-refractivity contribution in [2.75, 3.05) is 47.6 Å². The highest BCUT2D eigenvalue weighted by molar-refractivity contribution is 6.18.